The van der Waals surface area contributed by atoms with Crippen LogP contribution in [0.5, 0.6) is 0 Å². The number of carboxylic acids is 1. The molecule has 6 nitrogen and oxygen atoms in total. The first-order valence-corrected chi connectivity index (χ1v) is 6.81. The van der Waals surface area contributed by atoms with E-state index in [1.54, 1.807) is 0 Å². The maximum absolute atomic E-state index is 11.9. The molecule has 1 unspecified atom stereocenters. The van der Waals surface area contributed by atoms with Crippen LogP contribution in [0.25, 0.3) is 0 Å². The van der Waals surface area contributed by atoms with E-state index in [1.165, 1.54) is 6.92 Å². The molecule has 0 aromatic rings. The van der Waals surface area contributed by atoms with E-state index in [9.17, 15) is 14.4 Å². The number of nitrogens with zero attached hydrogens (tertiary/aromatic N) is 1. The van der Waals surface area contributed by atoms with E-state index in [-0.39, 0.29) is 24.3 Å². The third-order valence-electron chi connectivity index (χ3n) is 4.02. The van der Waals surface area contributed by atoms with Gasteiger partial charge in [0, 0.05) is 19.0 Å². The van der Waals surface area contributed by atoms with Crippen molar-refractivity contribution in [1.29, 1.82) is 0 Å². The maximum atomic E-state index is 11.9. The van der Waals surface area contributed by atoms with Crippen molar-refractivity contribution < 1.29 is 19.5 Å². The molecule has 2 atom stereocenters. The number of amides is 2. The number of nitrogens with one attached hydrogen (secondary N) is 1. The Morgan fingerprint density at radius 3 is 2.58 bits per heavy atom. The number of rotatable bonds is 4. The third-order valence-corrected chi connectivity index (χ3v) is 4.02. The van der Waals surface area contributed by atoms with Gasteiger partial charge in [-0.1, -0.05) is 12.8 Å². The first kappa shape index (κ1) is 13.8. The van der Waals surface area contributed by atoms with Crippen molar-refractivity contribution in [3.8, 4) is 0 Å². The van der Waals surface area contributed by atoms with Gasteiger partial charge in [0.1, 0.15) is 6.04 Å². The predicted molar refractivity (Wildman–Crippen MR) is 67.3 cm³/mol. The van der Waals surface area contributed by atoms with Gasteiger partial charge in [0.2, 0.25) is 11.8 Å². The highest BCUT2D eigenvalue weighted by Crippen LogP contribution is 2.29. The van der Waals surface area contributed by atoms with Crippen LogP contribution in [-0.4, -0.2) is 46.4 Å². The summed E-state index contributed by atoms with van der Waals surface area (Å²) in [5, 5.41) is 11.2. The van der Waals surface area contributed by atoms with E-state index in [2.05, 4.69) is 5.32 Å². The van der Waals surface area contributed by atoms with Crippen LogP contribution < -0.4 is 5.32 Å². The minimum atomic E-state index is -1.06. The molecule has 6 heteroatoms. The fourth-order valence-electron chi connectivity index (χ4n) is 2.87. The minimum absolute atomic E-state index is 0.0232. The number of aliphatic carboxylic acids is 1. The van der Waals surface area contributed by atoms with Crippen molar-refractivity contribution in [1.82, 2.24) is 10.2 Å². The monoisotopic (exact) mass is 268 g/mol. The lowest BCUT2D eigenvalue weighted by atomic mass is 10.1. The van der Waals surface area contributed by atoms with Gasteiger partial charge in [-0.2, -0.15) is 0 Å². The van der Waals surface area contributed by atoms with Crippen molar-refractivity contribution in [3.05, 3.63) is 0 Å². The van der Waals surface area contributed by atoms with E-state index in [0.717, 1.165) is 25.7 Å². The van der Waals surface area contributed by atoms with Crippen molar-refractivity contribution in [2.24, 2.45) is 5.92 Å². The molecular formula is C13H20N2O4. The van der Waals surface area contributed by atoms with E-state index < -0.39 is 17.9 Å². The van der Waals surface area contributed by atoms with Gasteiger partial charge < -0.3 is 15.3 Å². The van der Waals surface area contributed by atoms with Crippen LogP contribution in [0, 0.1) is 5.92 Å². The van der Waals surface area contributed by atoms with Crippen molar-refractivity contribution in [2.45, 2.75) is 51.1 Å². The van der Waals surface area contributed by atoms with Crippen LogP contribution in [0.1, 0.15) is 39.0 Å². The van der Waals surface area contributed by atoms with Crippen molar-refractivity contribution >= 4 is 17.8 Å². The molecule has 19 heavy (non-hydrogen) atoms. The first-order valence-electron chi connectivity index (χ1n) is 6.81. The molecule has 2 N–H and O–H groups in total. The lowest BCUT2D eigenvalue weighted by molar-refractivity contribution is -0.141. The van der Waals surface area contributed by atoms with Crippen LogP contribution in [0.3, 0.4) is 0 Å². The molecule has 0 aromatic carbocycles. The molecule has 0 spiro atoms. The molecule has 1 saturated carbocycles. The Labute approximate surface area is 112 Å². The maximum Gasteiger partial charge on any atom is 0.325 e. The zero-order valence-corrected chi connectivity index (χ0v) is 11.1. The second kappa shape index (κ2) is 5.59. The van der Waals surface area contributed by atoms with E-state index in [0.29, 0.717) is 6.54 Å². The lowest BCUT2D eigenvalue weighted by Gasteiger charge is -2.24. The van der Waals surface area contributed by atoms with Crippen LogP contribution in [0.15, 0.2) is 0 Å². The standard InChI is InChI=1S/C13H20N2O4/c1-8(13(18)19)14-12(17)9-6-11(16)15(7-9)10-4-2-3-5-10/h8-10H,2-7H2,1H3,(H,14,17)(H,18,19)/t8-,9?/m1/s1. The summed E-state index contributed by atoms with van der Waals surface area (Å²) in [4.78, 5) is 36.3. The second-order valence-electron chi connectivity index (χ2n) is 5.45. The summed E-state index contributed by atoms with van der Waals surface area (Å²) in [6, 6.07) is -0.634. The largest absolute Gasteiger partial charge is 0.480 e. The molecule has 1 heterocycles. The summed E-state index contributed by atoms with van der Waals surface area (Å²) >= 11 is 0. The van der Waals surface area contributed by atoms with E-state index >= 15 is 0 Å². The fraction of sp³-hybridized carbons (Fsp3) is 0.769. The number of hydrogen-bond acceptors (Lipinski definition) is 3. The van der Waals surface area contributed by atoms with Gasteiger partial charge >= 0.3 is 5.97 Å². The van der Waals surface area contributed by atoms with Gasteiger partial charge in [-0.3, -0.25) is 14.4 Å². The number of carbonyl (C=O) groups is 3. The van der Waals surface area contributed by atoms with E-state index in [4.69, 9.17) is 5.11 Å². The third kappa shape index (κ3) is 3.05. The Morgan fingerprint density at radius 1 is 1.37 bits per heavy atom. The lowest BCUT2D eigenvalue weighted by Crippen LogP contribution is -2.43. The highest BCUT2D eigenvalue weighted by atomic mass is 16.4. The number of likely N-dealkylation sites (tertiary alicyclic amines) is 1. The Hall–Kier alpha value is -1.59. The molecule has 2 fully saturated rings. The number of hydrogen-bond donors (Lipinski definition) is 2. The topological polar surface area (TPSA) is 86.7 Å². The molecule has 0 radical (unpaired) electrons. The second-order valence-corrected chi connectivity index (χ2v) is 5.45. The predicted octanol–water partition coefficient (Wildman–Crippen LogP) is 0.367. The SMILES string of the molecule is C[C@@H](NC(=O)C1CC(=O)N(C2CCCC2)C1)C(=O)O. The average molecular weight is 268 g/mol. The summed E-state index contributed by atoms with van der Waals surface area (Å²) in [5.41, 5.74) is 0. The fourth-order valence-corrected chi connectivity index (χ4v) is 2.87. The van der Waals surface area contributed by atoms with Crippen molar-refractivity contribution in [2.75, 3.05) is 6.54 Å². The Balaban J connectivity index is 1.91. The Kier molecular flexibility index (Phi) is 4.07. The summed E-state index contributed by atoms with van der Waals surface area (Å²) < 4.78 is 0. The molecule has 106 valence electrons. The summed E-state index contributed by atoms with van der Waals surface area (Å²) in [6.45, 7) is 1.85. The Morgan fingerprint density at radius 2 is 2.00 bits per heavy atom. The molecule has 0 aromatic heterocycles. The smallest absolute Gasteiger partial charge is 0.325 e. The first-order chi connectivity index (χ1) is 8.99. The summed E-state index contributed by atoms with van der Waals surface area (Å²) in [7, 11) is 0. The van der Waals surface area contributed by atoms with Crippen molar-refractivity contribution in [3.63, 3.8) is 0 Å². The van der Waals surface area contributed by atoms with Crippen LogP contribution in [-0.2, 0) is 14.4 Å². The van der Waals surface area contributed by atoms with Crippen LogP contribution in [0.4, 0.5) is 0 Å². The Bertz CT molecular complexity index is 390. The summed E-state index contributed by atoms with van der Waals surface area (Å²) in [5.74, 6) is -1.78. The molecule has 1 aliphatic carbocycles. The molecule has 1 saturated heterocycles. The van der Waals surface area contributed by atoms with Gasteiger partial charge in [0.25, 0.3) is 0 Å². The molecule has 2 amide bonds. The van der Waals surface area contributed by atoms with Crippen LogP contribution in [0.2, 0.25) is 0 Å². The highest BCUT2D eigenvalue weighted by Gasteiger charge is 2.39. The molecule has 0 bridgehead atoms. The zero-order chi connectivity index (χ0) is 14.0. The zero-order valence-electron chi connectivity index (χ0n) is 11.1. The molecular weight excluding hydrogens is 248 g/mol. The molecule has 2 aliphatic rings. The van der Waals surface area contributed by atoms with Gasteiger partial charge in [0.05, 0.1) is 5.92 Å². The normalized spacial score (nSPS) is 25.6. The number of carboxylic acid groups (broad SMARTS) is 1. The van der Waals surface area contributed by atoms with E-state index in [1.807, 2.05) is 4.90 Å². The summed E-state index contributed by atoms with van der Waals surface area (Å²) in [6.07, 6.45) is 4.52. The quantitative estimate of drug-likeness (QED) is 0.771. The molecule has 2 rings (SSSR count). The van der Waals surface area contributed by atoms with Crippen LogP contribution >= 0.6 is 0 Å². The average Bonchev–Trinajstić information content (AvgIpc) is 2.97. The minimum Gasteiger partial charge on any atom is -0.480 e. The molecule has 1 aliphatic heterocycles. The van der Waals surface area contributed by atoms with Gasteiger partial charge in [-0.25, -0.2) is 0 Å². The van der Waals surface area contributed by atoms with Gasteiger partial charge in [0.15, 0.2) is 0 Å². The highest BCUT2D eigenvalue weighted by molar-refractivity contribution is 5.91. The van der Waals surface area contributed by atoms with Gasteiger partial charge in [-0.15, -0.1) is 0 Å². The number of carbonyl (C=O) groups excluding carboxylic acids is 2. The van der Waals surface area contributed by atoms with Gasteiger partial charge in [-0.05, 0) is 19.8 Å².